The lowest BCUT2D eigenvalue weighted by atomic mass is 9.91. The Morgan fingerprint density at radius 3 is 1.58 bits per heavy atom. The van der Waals surface area contributed by atoms with Crippen LogP contribution in [0.4, 0.5) is 0 Å². The van der Waals surface area contributed by atoms with Gasteiger partial charge in [-0.1, -0.05) is 200 Å². The Kier molecular flexibility index (Phi) is 8.50. The van der Waals surface area contributed by atoms with Crippen molar-refractivity contribution in [2.45, 2.75) is 0 Å². The lowest BCUT2D eigenvalue weighted by Crippen LogP contribution is -2.04. The summed E-state index contributed by atoms with van der Waals surface area (Å²) in [5.74, 6) is 1.87. The summed E-state index contributed by atoms with van der Waals surface area (Å²) in [6.45, 7) is 0. The smallest absolute Gasteiger partial charge is 0.164 e. The van der Waals surface area contributed by atoms with Crippen molar-refractivity contribution >= 4 is 64.9 Å². The summed E-state index contributed by atoms with van der Waals surface area (Å²) < 4.78 is 2.54. The van der Waals surface area contributed by atoms with E-state index in [1.807, 2.05) is 18.2 Å². The fourth-order valence-corrected chi connectivity index (χ4v) is 9.87. The van der Waals surface area contributed by atoms with Crippen LogP contribution in [0.5, 0.6) is 0 Å². The van der Waals surface area contributed by atoms with Crippen molar-refractivity contribution in [3.8, 4) is 62.1 Å². The van der Waals surface area contributed by atoms with Gasteiger partial charge in [-0.15, -0.1) is 0 Å². The lowest BCUT2D eigenvalue weighted by molar-refractivity contribution is 1.08. The molecule has 0 spiro atoms. The maximum Gasteiger partial charge on any atom is 0.164 e. The van der Waals surface area contributed by atoms with E-state index in [-0.39, 0.29) is 0 Å². The monoisotopic (exact) mass is 826 g/mol. The topological polar surface area (TPSA) is 43.6 Å². The molecule has 0 atom stereocenters. The van der Waals surface area contributed by atoms with Crippen LogP contribution in [0.2, 0.25) is 0 Å². The van der Waals surface area contributed by atoms with E-state index in [4.69, 9.17) is 15.0 Å². The number of fused-ring (bicyclic) bond motifs is 8. The molecule has 0 saturated carbocycles. The molecule has 13 aromatic rings. The molecule has 11 aromatic carbocycles. The first kappa shape index (κ1) is 36.9. The number of aromatic nitrogens is 4. The number of benzene rings is 11. The zero-order valence-electron chi connectivity index (χ0n) is 35.2. The van der Waals surface area contributed by atoms with Gasteiger partial charge in [0.15, 0.2) is 17.5 Å². The van der Waals surface area contributed by atoms with E-state index in [9.17, 15) is 0 Å². The first-order valence-electron chi connectivity index (χ1n) is 22.1. The summed E-state index contributed by atoms with van der Waals surface area (Å²) in [6.07, 6.45) is 0. The van der Waals surface area contributed by atoms with Crippen molar-refractivity contribution in [2.24, 2.45) is 0 Å². The highest BCUT2D eigenvalue weighted by Crippen LogP contribution is 2.46. The van der Waals surface area contributed by atoms with E-state index in [1.54, 1.807) is 0 Å². The molecule has 0 bridgehead atoms. The Hall–Kier alpha value is -8.73. The van der Waals surface area contributed by atoms with Crippen molar-refractivity contribution in [1.82, 2.24) is 19.5 Å². The molecule has 0 aliphatic heterocycles. The van der Waals surface area contributed by atoms with Crippen LogP contribution in [0.25, 0.3) is 127 Å². The van der Waals surface area contributed by atoms with Gasteiger partial charge < -0.3 is 4.57 Å². The third-order valence-electron chi connectivity index (χ3n) is 13.0. The van der Waals surface area contributed by atoms with Crippen LogP contribution >= 0.6 is 0 Å². The first-order chi connectivity index (χ1) is 32.2. The van der Waals surface area contributed by atoms with E-state index >= 15 is 0 Å². The van der Waals surface area contributed by atoms with Gasteiger partial charge in [-0.2, -0.15) is 0 Å². The molecule has 13 rings (SSSR count). The highest BCUT2D eigenvalue weighted by Gasteiger charge is 2.24. The fraction of sp³-hybridized carbons (Fsp3) is 0. The minimum atomic E-state index is 0.615. The first-order valence-corrected chi connectivity index (χ1v) is 22.1. The highest BCUT2D eigenvalue weighted by atomic mass is 15.0. The van der Waals surface area contributed by atoms with Crippen LogP contribution in [0.15, 0.2) is 231 Å². The second-order valence-corrected chi connectivity index (χ2v) is 16.8. The average Bonchev–Trinajstić information content (AvgIpc) is 3.70. The molecule has 2 aromatic heterocycles. The molecule has 302 valence electrons. The lowest BCUT2D eigenvalue weighted by Gasteiger charge is -2.21. The number of rotatable bonds is 6. The van der Waals surface area contributed by atoms with Crippen molar-refractivity contribution < 1.29 is 0 Å². The maximum absolute atomic E-state index is 5.39. The second-order valence-electron chi connectivity index (χ2n) is 16.8. The van der Waals surface area contributed by atoms with Gasteiger partial charge in [0, 0.05) is 43.8 Å². The Morgan fingerprint density at radius 1 is 0.262 bits per heavy atom. The summed E-state index contributed by atoms with van der Waals surface area (Å²) in [4.78, 5) is 15.9. The standard InChI is InChI=1S/C61H38N4/c1-3-16-39(17-4-1)44-25-15-26-47(34-44)53-38-55(61-63-59(42-20-5-2-6-21-42)62-60(64-61)48-31-30-40-18-7-8-22-43(40)35-48)50-28-13-14-29-51(50)58(53)65-56-37-46-24-10-9-23-45(46)36-54(56)52-33-32-41-19-11-12-27-49(41)57(52)65/h1-38H. The van der Waals surface area contributed by atoms with Crippen LogP contribution < -0.4 is 0 Å². The Morgan fingerprint density at radius 2 is 0.815 bits per heavy atom. The van der Waals surface area contributed by atoms with Gasteiger partial charge in [-0.05, 0) is 79.3 Å². The van der Waals surface area contributed by atoms with Crippen LogP contribution in [0, 0.1) is 0 Å². The summed E-state index contributed by atoms with van der Waals surface area (Å²) in [6, 6.07) is 82.6. The average molecular weight is 827 g/mol. The van der Waals surface area contributed by atoms with Crippen molar-refractivity contribution in [3.63, 3.8) is 0 Å². The molecule has 0 aliphatic carbocycles. The van der Waals surface area contributed by atoms with Gasteiger partial charge in [0.25, 0.3) is 0 Å². The summed E-state index contributed by atoms with van der Waals surface area (Å²) >= 11 is 0. The third kappa shape index (κ3) is 6.18. The number of hydrogen-bond donors (Lipinski definition) is 0. The SMILES string of the molecule is c1ccc(-c2cccc(-c3cc(-c4nc(-c5ccccc5)nc(-c5ccc6ccccc6c5)n4)c4ccccc4c3-n3c4cc5ccccc5cc4c4ccc5ccccc5c43)c2)cc1. The molecule has 4 nitrogen and oxygen atoms in total. The van der Waals surface area contributed by atoms with E-state index in [1.165, 1.54) is 43.2 Å². The summed E-state index contributed by atoms with van der Waals surface area (Å²) in [5.41, 5.74) is 10.7. The number of nitrogens with zero attached hydrogens (tertiary/aromatic N) is 4. The van der Waals surface area contributed by atoms with E-state index in [0.717, 1.165) is 66.3 Å². The Balaban J connectivity index is 1.17. The fourth-order valence-electron chi connectivity index (χ4n) is 9.87. The Labute approximate surface area is 375 Å². The molecule has 0 saturated heterocycles. The second kappa shape index (κ2) is 15.0. The normalized spacial score (nSPS) is 11.7. The predicted octanol–water partition coefficient (Wildman–Crippen LogP) is 15.9. The molecule has 2 heterocycles. The summed E-state index contributed by atoms with van der Waals surface area (Å²) in [5, 5.41) is 11.7. The molecule has 0 N–H and O–H groups in total. The van der Waals surface area contributed by atoms with E-state index in [0.29, 0.717) is 17.5 Å². The van der Waals surface area contributed by atoms with E-state index < -0.39 is 0 Å². The predicted molar refractivity (Wildman–Crippen MR) is 271 cm³/mol. The van der Waals surface area contributed by atoms with Crippen LogP contribution in [-0.2, 0) is 0 Å². The third-order valence-corrected chi connectivity index (χ3v) is 13.0. The zero-order valence-corrected chi connectivity index (χ0v) is 35.2. The molecule has 4 heteroatoms. The molecule has 0 fully saturated rings. The van der Waals surface area contributed by atoms with Gasteiger partial charge in [0.2, 0.25) is 0 Å². The van der Waals surface area contributed by atoms with Gasteiger partial charge in [0.1, 0.15) is 0 Å². The minimum Gasteiger partial charge on any atom is -0.307 e. The Bertz CT molecular complexity index is 4000. The number of hydrogen-bond acceptors (Lipinski definition) is 3. The summed E-state index contributed by atoms with van der Waals surface area (Å²) in [7, 11) is 0. The van der Waals surface area contributed by atoms with Gasteiger partial charge in [0.05, 0.1) is 16.7 Å². The van der Waals surface area contributed by atoms with Crippen molar-refractivity contribution in [3.05, 3.63) is 231 Å². The van der Waals surface area contributed by atoms with Crippen LogP contribution in [-0.4, -0.2) is 19.5 Å². The van der Waals surface area contributed by atoms with Crippen LogP contribution in [0.3, 0.4) is 0 Å². The quantitative estimate of drug-likeness (QED) is 0.168. The van der Waals surface area contributed by atoms with Gasteiger partial charge in [-0.3, -0.25) is 0 Å². The van der Waals surface area contributed by atoms with Gasteiger partial charge >= 0.3 is 0 Å². The maximum atomic E-state index is 5.39. The van der Waals surface area contributed by atoms with Crippen LogP contribution in [0.1, 0.15) is 0 Å². The molecule has 0 aliphatic rings. The highest BCUT2D eigenvalue weighted by molar-refractivity contribution is 6.22. The van der Waals surface area contributed by atoms with E-state index in [2.05, 4.69) is 217 Å². The molecular weight excluding hydrogens is 789 g/mol. The molecular formula is C61H38N4. The molecule has 65 heavy (non-hydrogen) atoms. The van der Waals surface area contributed by atoms with Crippen molar-refractivity contribution in [1.29, 1.82) is 0 Å². The molecule has 0 radical (unpaired) electrons. The minimum absolute atomic E-state index is 0.615. The molecule has 0 amide bonds. The molecule has 0 unspecified atom stereocenters. The van der Waals surface area contributed by atoms with Crippen molar-refractivity contribution in [2.75, 3.05) is 0 Å². The zero-order chi connectivity index (χ0) is 42.8. The largest absolute Gasteiger partial charge is 0.307 e. The van der Waals surface area contributed by atoms with Gasteiger partial charge in [-0.25, -0.2) is 15.0 Å².